The van der Waals surface area contributed by atoms with Crippen molar-refractivity contribution in [2.45, 2.75) is 53.0 Å². The van der Waals surface area contributed by atoms with Crippen molar-refractivity contribution in [1.82, 2.24) is 5.32 Å². The first kappa shape index (κ1) is 14.4. The maximum atomic E-state index is 11.1. The summed E-state index contributed by atoms with van der Waals surface area (Å²) in [6, 6.07) is 0.481. The molecule has 1 atom stereocenters. The Labute approximate surface area is 93.6 Å². The zero-order valence-electron chi connectivity index (χ0n) is 10.5. The van der Waals surface area contributed by atoms with Crippen molar-refractivity contribution in [3.8, 4) is 0 Å². The zero-order valence-corrected chi connectivity index (χ0v) is 10.5. The van der Waals surface area contributed by atoms with Crippen LogP contribution in [0.25, 0.3) is 0 Å². The minimum Gasteiger partial charge on any atom is -0.466 e. The molecule has 0 saturated heterocycles. The molecule has 0 spiro atoms. The Balaban J connectivity index is 3.61. The highest BCUT2D eigenvalue weighted by Gasteiger charge is 2.12. The molecular formula is C12H25NO2. The second-order valence-corrected chi connectivity index (χ2v) is 3.87. The average Bonchev–Trinajstić information content (AvgIpc) is 2.20. The number of esters is 1. The molecule has 90 valence electrons. The van der Waals surface area contributed by atoms with Crippen LogP contribution in [-0.4, -0.2) is 25.2 Å². The highest BCUT2D eigenvalue weighted by atomic mass is 16.5. The van der Waals surface area contributed by atoms with E-state index in [0.717, 1.165) is 6.54 Å². The Morgan fingerprint density at radius 1 is 1.27 bits per heavy atom. The van der Waals surface area contributed by atoms with Crippen LogP contribution in [0.2, 0.25) is 0 Å². The molecule has 0 amide bonds. The molecule has 0 fully saturated rings. The van der Waals surface area contributed by atoms with Crippen molar-refractivity contribution < 1.29 is 9.53 Å². The third kappa shape index (κ3) is 6.50. The van der Waals surface area contributed by atoms with Gasteiger partial charge in [0, 0.05) is 12.6 Å². The van der Waals surface area contributed by atoms with Gasteiger partial charge < -0.3 is 10.1 Å². The molecule has 0 heterocycles. The summed E-state index contributed by atoms with van der Waals surface area (Å²) >= 11 is 0. The van der Waals surface area contributed by atoms with Gasteiger partial charge in [-0.25, -0.2) is 0 Å². The summed E-state index contributed by atoms with van der Waals surface area (Å²) in [5.74, 6) is 0.592. The summed E-state index contributed by atoms with van der Waals surface area (Å²) in [5, 5.41) is 3.37. The molecule has 0 saturated carbocycles. The number of rotatable bonds is 8. The summed E-state index contributed by atoms with van der Waals surface area (Å²) < 4.78 is 4.86. The van der Waals surface area contributed by atoms with E-state index in [1.165, 1.54) is 12.8 Å². The van der Waals surface area contributed by atoms with E-state index in [1.54, 1.807) is 0 Å². The summed E-state index contributed by atoms with van der Waals surface area (Å²) in [6.07, 6.45) is 2.84. The molecule has 0 aromatic rings. The van der Waals surface area contributed by atoms with Crippen LogP contribution in [0.3, 0.4) is 0 Å². The van der Waals surface area contributed by atoms with Crippen LogP contribution in [0.1, 0.15) is 47.0 Å². The van der Waals surface area contributed by atoms with Gasteiger partial charge in [0.05, 0.1) is 13.0 Å². The summed E-state index contributed by atoms with van der Waals surface area (Å²) in [6.45, 7) is 9.62. The van der Waals surface area contributed by atoms with Crippen LogP contribution in [0, 0.1) is 5.92 Å². The Bertz CT molecular complexity index is 167. The van der Waals surface area contributed by atoms with Gasteiger partial charge >= 0.3 is 5.97 Å². The first-order valence-corrected chi connectivity index (χ1v) is 6.04. The van der Waals surface area contributed by atoms with Crippen molar-refractivity contribution in [2.24, 2.45) is 5.92 Å². The fourth-order valence-electron chi connectivity index (χ4n) is 1.80. The van der Waals surface area contributed by atoms with E-state index in [1.807, 2.05) is 6.92 Å². The summed E-state index contributed by atoms with van der Waals surface area (Å²) in [7, 11) is 0. The van der Waals surface area contributed by atoms with Gasteiger partial charge in [-0.1, -0.05) is 26.7 Å². The van der Waals surface area contributed by atoms with E-state index in [0.29, 0.717) is 25.0 Å². The van der Waals surface area contributed by atoms with E-state index in [9.17, 15) is 4.79 Å². The number of nitrogens with one attached hydrogen (secondary N) is 1. The van der Waals surface area contributed by atoms with Crippen molar-refractivity contribution in [1.29, 1.82) is 0 Å². The third-order valence-corrected chi connectivity index (χ3v) is 2.86. The summed E-state index contributed by atoms with van der Waals surface area (Å²) in [4.78, 5) is 11.1. The highest BCUT2D eigenvalue weighted by Crippen LogP contribution is 2.12. The molecule has 15 heavy (non-hydrogen) atoms. The highest BCUT2D eigenvalue weighted by molar-refractivity contribution is 5.69. The van der Waals surface area contributed by atoms with E-state index in [4.69, 9.17) is 4.74 Å². The Morgan fingerprint density at radius 2 is 1.87 bits per heavy atom. The molecule has 3 heteroatoms. The molecule has 0 aliphatic carbocycles. The number of carbonyl (C=O) groups is 1. The van der Waals surface area contributed by atoms with Crippen LogP contribution in [0.5, 0.6) is 0 Å². The van der Waals surface area contributed by atoms with E-state index in [2.05, 4.69) is 26.1 Å². The molecule has 3 nitrogen and oxygen atoms in total. The zero-order chi connectivity index (χ0) is 11.7. The lowest BCUT2D eigenvalue weighted by Crippen LogP contribution is -2.34. The Morgan fingerprint density at radius 3 is 2.33 bits per heavy atom. The monoisotopic (exact) mass is 215 g/mol. The quantitative estimate of drug-likeness (QED) is 0.632. The van der Waals surface area contributed by atoms with Gasteiger partial charge in [0.15, 0.2) is 0 Å². The lowest BCUT2D eigenvalue weighted by Gasteiger charge is -2.22. The lowest BCUT2D eigenvalue weighted by atomic mass is 9.95. The van der Waals surface area contributed by atoms with Gasteiger partial charge in [0.1, 0.15) is 0 Å². The van der Waals surface area contributed by atoms with Crippen LogP contribution in [0.15, 0.2) is 0 Å². The van der Waals surface area contributed by atoms with Crippen molar-refractivity contribution in [3.63, 3.8) is 0 Å². The average molecular weight is 215 g/mol. The van der Waals surface area contributed by atoms with Gasteiger partial charge in [-0.3, -0.25) is 4.79 Å². The molecule has 1 unspecified atom stereocenters. The van der Waals surface area contributed by atoms with Crippen LogP contribution >= 0.6 is 0 Å². The predicted molar refractivity (Wildman–Crippen MR) is 62.8 cm³/mol. The molecule has 0 radical (unpaired) electrons. The number of carbonyl (C=O) groups excluding carboxylic acids is 1. The maximum absolute atomic E-state index is 11.1. The number of hydrogen-bond acceptors (Lipinski definition) is 3. The van der Waals surface area contributed by atoms with Gasteiger partial charge in [0.25, 0.3) is 0 Å². The number of ether oxygens (including phenoxy) is 1. The predicted octanol–water partition coefficient (Wildman–Crippen LogP) is 2.35. The normalized spacial score (nSPS) is 12.9. The minimum atomic E-state index is -0.109. The summed E-state index contributed by atoms with van der Waals surface area (Å²) in [5.41, 5.74) is 0. The Kier molecular flexibility index (Phi) is 8.38. The molecule has 1 N–H and O–H groups in total. The van der Waals surface area contributed by atoms with Gasteiger partial charge in [-0.2, -0.15) is 0 Å². The van der Waals surface area contributed by atoms with Gasteiger partial charge in [-0.05, 0) is 19.8 Å². The topological polar surface area (TPSA) is 38.3 Å². The van der Waals surface area contributed by atoms with E-state index in [-0.39, 0.29) is 5.97 Å². The minimum absolute atomic E-state index is 0.109. The largest absolute Gasteiger partial charge is 0.466 e. The van der Waals surface area contributed by atoms with Gasteiger partial charge in [-0.15, -0.1) is 0 Å². The smallest absolute Gasteiger partial charge is 0.307 e. The van der Waals surface area contributed by atoms with Crippen molar-refractivity contribution in [2.75, 3.05) is 13.2 Å². The SMILES string of the molecule is CCOC(=O)CCNC(C)C(CC)CC. The Hall–Kier alpha value is -0.570. The lowest BCUT2D eigenvalue weighted by molar-refractivity contribution is -0.143. The van der Waals surface area contributed by atoms with Gasteiger partial charge in [0.2, 0.25) is 0 Å². The van der Waals surface area contributed by atoms with E-state index < -0.39 is 0 Å². The molecule has 0 aliphatic heterocycles. The maximum Gasteiger partial charge on any atom is 0.307 e. The van der Waals surface area contributed by atoms with Crippen molar-refractivity contribution >= 4 is 5.97 Å². The first-order valence-electron chi connectivity index (χ1n) is 6.04. The molecule has 0 bridgehead atoms. The van der Waals surface area contributed by atoms with E-state index >= 15 is 0 Å². The standard InChI is InChI=1S/C12H25NO2/c1-5-11(6-2)10(4)13-9-8-12(14)15-7-3/h10-11,13H,5-9H2,1-4H3. The van der Waals surface area contributed by atoms with Crippen LogP contribution in [-0.2, 0) is 9.53 Å². The fraction of sp³-hybridized carbons (Fsp3) is 0.917. The number of hydrogen-bond donors (Lipinski definition) is 1. The molecule has 0 rings (SSSR count). The second kappa shape index (κ2) is 8.72. The molecular weight excluding hydrogens is 190 g/mol. The molecule has 0 aromatic carbocycles. The third-order valence-electron chi connectivity index (χ3n) is 2.86. The first-order chi connectivity index (χ1) is 7.15. The fourth-order valence-corrected chi connectivity index (χ4v) is 1.80. The second-order valence-electron chi connectivity index (χ2n) is 3.87. The molecule has 0 aliphatic rings. The van der Waals surface area contributed by atoms with Crippen LogP contribution < -0.4 is 5.32 Å². The van der Waals surface area contributed by atoms with Crippen molar-refractivity contribution in [3.05, 3.63) is 0 Å². The van der Waals surface area contributed by atoms with Crippen LogP contribution in [0.4, 0.5) is 0 Å². The molecule has 0 aromatic heterocycles.